The van der Waals surface area contributed by atoms with E-state index in [1.165, 1.54) is 4.90 Å². The fourth-order valence-electron chi connectivity index (χ4n) is 4.62. The number of morpholine rings is 1. The van der Waals surface area contributed by atoms with Gasteiger partial charge in [0.25, 0.3) is 11.7 Å². The van der Waals surface area contributed by atoms with Crippen LogP contribution < -0.4 is 14.2 Å². The highest BCUT2D eigenvalue weighted by atomic mass is 16.5. The Labute approximate surface area is 217 Å². The Morgan fingerprint density at radius 1 is 1.00 bits per heavy atom. The predicted molar refractivity (Wildman–Crippen MR) is 138 cm³/mol. The summed E-state index contributed by atoms with van der Waals surface area (Å²) in [6, 6.07) is 11.3. The van der Waals surface area contributed by atoms with Crippen LogP contribution in [0.15, 0.2) is 48.0 Å². The van der Waals surface area contributed by atoms with Crippen molar-refractivity contribution in [2.45, 2.75) is 19.4 Å². The lowest BCUT2D eigenvalue weighted by molar-refractivity contribution is -0.140. The van der Waals surface area contributed by atoms with Crippen LogP contribution in [0.3, 0.4) is 0 Å². The molecule has 198 valence electrons. The van der Waals surface area contributed by atoms with Gasteiger partial charge in [-0.25, -0.2) is 0 Å². The first-order chi connectivity index (χ1) is 18.0. The average Bonchev–Trinajstić information content (AvgIpc) is 3.20. The third kappa shape index (κ3) is 5.73. The van der Waals surface area contributed by atoms with Crippen LogP contribution in [0.5, 0.6) is 17.2 Å². The quantitative estimate of drug-likeness (QED) is 0.296. The van der Waals surface area contributed by atoms with Gasteiger partial charge >= 0.3 is 0 Å². The SMILES string of the molecule is CCCOc1ccc([C@@H]2C(=C(O)c3ccc(OC)cc3)C(=O)C(=O)N2CCN2CCOCC2)cc1OC. The molecule has 2 heterocycles. The summed E-state index contributed by atoms with van der Waals surface area (Å²) in [7, 11) is 3.10. The van der Waals surface area contributed by atoms with Gasteiger partial charge in [0.05, 0.1) is 45.7 Å². The molecule has 1 amide bonds. The van der Waals surface area contributed by atoms with Crippen molar-refractivity contribution in [2.75, 3.05) is 60.2 Å². The Bertz CT molecular complexity index is 1140. The first kappa shape index (κ1) is 26.5. The summed E-state index contributed by atoms with van der Waals surface area (Å²) >= 11 is 0. The fourth-order valence-corrected chi connectivity index (χ4v) is 4.62. The summed E-state index contributed by atoms with van der Waals surface area (Å²) in [6.45, 7) is 6.25. The normalized spacial score (nSPS) is 19.8. The number of carbonyl (C=O) groups excluding carboxylic acids is 2. The maximum absolute atomic E-state index is 13.3. The van der Waals surface area contributed by atoms with Gasteiger partial charge in [0.1, 0.15) is 11.5 Å². The highest BCUT2D eigenvalue weighted by Crippen LogP contribution is 2.42. The summed E-state index contributed by atoms with van der Waals surface area (Å²) in [6.07, 6.45) is 0.842. The number of aliphatic hydroxyl groups is 1. The number of hydrogen-bond acceptors (Lipinski definition) is 8. The molecule has 0 aromatic heterocycles. The molecule has 0 bridgehead atoms. The van der Waals surface area contributed by atoms with Gasteiger partial charge in [0, 0.05) is 31.7 Å². The highest BCUT2D eigenvalue weighted by molar-refractivity contribution is 6.46. The lowest BCUT2D eigenvalue weighted by Crippen LogP contribution is -2.42. The second-order valence-electron chi connectivity index (χ2n) is 8.93. The van der Waals surface area contributed by atoms with Gasteiger partial charge < -0.3 is 29.0 Å². The molecule has 1 atom stereocenters. The van der Waals surface area contributed by atoms with Gasteiger partial charge in [0.2, 0.25) is 0 Å². The maximum Gasteiger partial charge on any atom is 0.295 e. The number of benzene rings is 2. The summed E-state index contributed by atoms with van der Waals surface area (Å²) in [5, 5.41) is 11.3. The first-order valence-electron chi connectivity index (χ1n) is 12.5. The van der Waals surface area contributed by atoms with Crippen LogP contribution in [-0.2, 0) is 14.3 Å². The van der Waals surface area contributed by atoms with Crippen LogP contribution in [0.1, 0.15) is 30.5 Å². The van der Waals surface area contributed by atoms with Crippen LogP contribution in [0, 0.1) is 0 Å². The van der Waals surface area contributed by atoms with Crippen molar-refractivity contribution in [1.82, 2.24) is 9.80 Å². The molecule has 2 saturated heterocycles. The summed E-state index contributed by atoms with van der Waals surface area (Å²) < 4.78 is 22.0. The van der Waals surface area contributed by atoms with Crippen LogP contribution in [0.4, 0.5) is 0 Å². The topological polar surface area (TPSA) is 97.8 Å². The third-order valence-electron chi connectivity index (χ3n) is 6.63. The van der Waals surface area contributed by atoms with E-state index in [0.29, 0.717) is 61.3 Å². The van der Waals surface area contributed by atoms with E-state index in [9.17, 15) is 14.7 Å². The van der Waals surface area contributed by atoms with Gasteiger partial charge in [-0.2, -0.15) is 0 Å². The van der Waals surface area contributed by atoms with E-state index < -0.39 is 17.7 Å². The number of likely N-dealkylation sites (tertiary alicyclic amines) is 1. The van der Waals surface area contributed by atoms with Gasteiger partial charge in [-0.3, -0.25) is 14.5 Å². The van der Waals surface area contributed by atoms with E-state index in [0.717, 1.165) is 19.5 Å². The summed E-state index contributed by atoms with van der Waals surface area (Å²) in [4.78, 5) is 30.3. The number of ketones is 1. The lowest BCUT2D eigenvalue weighted by Gasteiger charge is -2.31. The maximum atomic E-state index is 13.3. The van der Waals surface area contributed by atoms with E-state index >= 15 is 0 Å². The minimum atomic E-state index is -0.780. The molecule has 0 aliphatic carbocycles. The smallest absolute Gasteiger partial charge is 0.295 e. The van der Waals surface area contributed by atoms with E-state index in [4.69, 9.17) is 18.9 Å². The number of nitrogens with zero attached hydrogens (tertiary/aromatic N) is 2. The van der Waals surface area contributed by atoms with Crippen molar-refractivity contribution in [1.29, 1.82) is 0 Å². The van der Waals surface area contributed by atoms with Crippen molar-refractivity contribution in [3.63, 3.8) is 0 Å². The highest BCUT2D eigenvalue weighted by Gasteiger charge is 2.46. The van der Waals surface area contributed by atoms with Crippen molar-refractivity contribution >= 4 is 17.4 Å². The number of hydrogen-bond donors (Lipinski definition) is 1. The van der Waals surface area contributed by atoms with E-state index in [1.807, 2.05) is 13.0 Å². The van der Waals surface area contributed by atoms with Crippen molar-refractivity contribution < 1.29 is 33.6 Å². The molecule has 4 rings (SSSR count). The number of amides is 1. The number of carbonyl (C=O) groups is 2. The summed E-state index contributed by atoms with van der Waals surface area (Å²) in [5.74, 6) is 0.100. The number of methoxy groups -OCH3 is 2. The first-order valence-corrected chi connectivity index (χ1v) is 12.5. The monoisotopic (exact) mass is 510 g/mol. The number of aliphatic hydroxyl groups excluding tert-OH is 1. The number of rotatable bonds is 10. The van der Waals surface area contributed by atoms with Gasteiger partial charge in [0.15, 0.2) is 11.5 Å². The molecule has 2 aliphatic heterocycles. The lowest BCUT2D eigenvalue weighted by atomic mass is 9.95. The molecule has 9 nitrogen and oxygen atoms in total. The second-order valence-corrected chi connectivity index (χ2v) is 8.93. The van der Waals surface area contributed by atoms with Crippen LogP contribution >= 0.6 is 0 Å². The second kappa shape index (κ2) is 12.1. The van der Waals surface area contributed by atoms with E-state index in [2.05, 4.69) is 4.90 Å². The molecule has 0 spiro atoms. The Hall–Kier alpha value is -3.56. The average molecular weight is 511 g/mol. The molecule has 0 radical (unpaired) electrons. The van der Waals surface area contributed by atoms with Crippen LogP contribution in [0.2, 0.25) is 0 Å². The molecule has 37 heavy (non-hydrogen) atoms. The fraction of sp³-hybridized carbons (Fsp3) is 0.429. The molecule has 2 aromatic carbocycles. The zero-order valence-electron chi connectivity index (χ0n) is 21.6. The standard InChI is InChI=1S/C28H34N2O7/c1-4-15-37-22-10-7-20(18-23(22)35-3)25-24(26(31)19-5-8-21(34-2)9-6-19)27(32)28(33)30(25)12-11-29-13-16-36-17-14-29/h5-10,18,25,31H,4,11-17H2,1-3H3/t25-/m1/s1. The molecule has 1 N–H and O–H groups in total. The van der Waals surface area contributed by atoms with E-state index in [1.54, 1.807) is 50.6 Å². The Balaban J connectivity index is 1.75. The van der Waals surface area contributed by atoms with Gasteiger partial charge in [-0.05, 0) is 48.4 Å². The molecule has 0 unspecified atom stereocenters. The number of ether oxygens (including phenoxy) is 4. The molecule has 0 saturated carbocycles. The largest absolute Gasteiger partial charge is 0.507 e. The summed E-state index contributed by atoms with van der Waals surface area (Å²) in [5.41, 5.74) is 1.12. The van der Waals surface area contributed by atoms with Crippen LogP contribution in [-0.4, -0.2) is 86.8 Å². The number of Topliss-reactive ketones (excluding diaryl/α,β-unsaturated/α-hetero) is 1. The molecule has 9 heteroatoms. The predicted octanol–water partition coefficient (Wildman–Crippen LogP) is 3.25. The van der Waals surface area contributed by atoms with Crippen molar-refractivity contribution in [2.24, 2.45) is 0 Å². The Morgan fingerprint density at radius 3 is 2.38 bits per heavy atom. The zero-order valence-corrected chi connectivity index (χ0v) is 21.6. The van der Waals surface area contributed by atoms with Crippen LogP contribution in [0.25, 0.3) is 5.76 Å². The molecule has 2 fully saturated rings. The van der Waals surface area contributed by atoms with E-state index in [-0.39, 0.29) is 11.3 Å². The van der Waals surface area contributed by atoms with Gasteiger partial charge in [-0.15, -0.1) is 0 Å². The van der Waals surface area contributed by atoms with Crippen molar-refractivity contribution in [3.8, 4) is 17.2 Å². The molecular formula is C28H34N2O7. The molecule has 2 aromatic rings. The Kier molecular flexibility index (Phi) is 8.68. The molecular weight excluding hydrogens is 476 g/mol. The minimum Gasteiger partial charge on any atom is -0.507 e. The van der Waals surface area contributed by atoms with Gasteiger partial charge in [-0.1, -0.05) is 13.0 Å². The zero-order chi connectivity index (χ0) is 26.4. The minimum absolute atomic E-state index is 0.0430. The third-order valence-corrected chi connectivity index (χ3v) is 6.63. The van der Waals surface area contributed by atoms with Crippen molar-refractivity contribution in [3.05, 3.63) is 59.2 Å². The Morgan fingerprint density at radius 2 is 1.73 bits per heavy atom. The molecule has 2 aliphatic rings.